The van der Waals surface area contributed by atoms with Gasteiger partial charge in [-0.05, 0) is 50.1 Å². The maximum Gasteiger partial charge on any atom is 0.254 e. The Morgan fingerprint density at radius 3 is 2.61 bits per heavy atom. The molecule has 1 aromatic heterocycles. The fraction of sp³-hybridized carbons (Fsp3) is 0.429. The minimum absolute atomic E-state index is 0.105. The molecule has 6 nitrogen and oxygen atoms in total. The van der Waals surface area contributed by atoms with E-state index in [4.69, 9.17) is 0 Å². The molecule has 1 unspecified atom stereocenters. The number of rotatable bonds is 5. The number of hydrogen-bond donors (Lipinski definition) is 2. The lowest BCUT2D eigenvalue weighted by molar-refractivity contribution is 0.0827. The van der Waals surface area contributed by atoms with Crippen molar-refractivity contribution in [3.8, 4) is 0 Å². The maximum atomic E-state index is 13.9. The molecule has 1 aliphatic heterocycles. The van der Waals surface area contributed by atoms with E-state index in [0.717, 1.165) is 24.3 Å². The van der Waals surface area contributed by atoms with Crippen molar-refractivity contribution in [2.75, 3.05) is 37.4 Å². The average molecular weight is 386 g/mol. The van der Waals surface area contributed by atoms with Crippen LogP contribution in [0.25, 0.3) is 0 Å². The first kappa shape index (κ1) is 20.1. The number of benzene rings is 1. The summed E-state index contributed by atoms with van der Waals surface area (Å²) in [4.78, 5) is 20.0. The van der Waals surface area contributed by atoms with E-state index in [1.807, 2.05) is 6.92 Å². The largest absolute Gasteiger partial charge is 0.393 e. The highest BCUT2D eigenvalue weighted by Crippen LogP contribution is 2.31. The van der Waals surface area contributed by atoms with Crippen LogP contribution in [0.4, 0.5) is 15.9 Å². The first-order valence-corrected chi connectivity index (χ1v) is 9.52. The molecule has 3 rings (SSSR count). The first-order chi connectivity index (χ1) is 13.3. The second-order valence-electron chi connectivity index (χ2n) is 7.42. The molecule has 28 heavy (non-hydrogen) atoms. The summed E-state index contributed by atoms with van der Waals surface area (Å²) < 4.78 is 13.9. The van der Waals surface area contributed by atoms with E-state index < -0.39 is 0 Å². The van der Waals surface area contributed by atoms with Crippen LogP contribution in [0.5, 0.6) is 0 Å². The van der Waals surface area contributed by atoms with Gasteiger partial charge in [0, 0.05) is 44.6 Å². The molecule has 7 heteroatoms. The fourth-order valence-corrected chi connectivity index (χ4v) is 3.43. The molecule has 1 fully saturated rings. The topological polar surface area (TPSA) is 68.7 Å². The van der Waals surface area contributed by atoms with Gasteiger partial charge in [-0.3, -0.25) is 4.79 Å². The number of piperidine rings is 1. The molecule has 2 N–H and O–H groups in total. The van der Waals surface area contributed by atoms with Crippen LogP contribution in [-0.4, -0.2) is 54.2 Å². The normalized spacial score (nSPS) is 16.0. The zero-order valence-electron chi connectivity index (χ0n) is 16.5. The average Bonchev–Trinajstić information content (AvgIpc) is 2.68. The minimum Gasteiger partial charge on any atom is -0.393 e. The Morgan fingerprint density at radius 1 is 1.29 bits per heavy atom. The molecule has 2 aromatic rings. The van der Waals surface area contributed by atoms with Gasteiger partial charge in [-0.1, -0.05) is 0 Å². The zero-order chi connectivity index (χ0) is 20.3. The molecule has 0 bridgehead atoms. The first-order valence-electron chi connectivity index (χ1n) is 9.52. The van der Waals surface area contributed by atoms with Crippen LogP contribution in [0.1, 0.15) is 41.7 Å². The molecule has 0 spiro atoms. The van der Waals surface area contributed by atoms with Gasteiger partial charge in [0.2, 0.25) is 0 Å². The van der Waals surface area contributed by atoms with E-state index in [1.54, 1.807) is 38.4 Å². The van der Waals surface area contributed by atoms with Gasteiger partial charge >= 0.3 is 0 Å². The molecule has 0 saturated carbocycles. The number of nitrogens with zero attached hydrogens (tertiary/aromatic N) is 3. The van der Waals surface area contributed by atoms with Crippen molar-refractivity contribution in [3.63, 3.8) is 0 Å². The molecule has 1 amide bonds. The lowest BCUT2D eigenvalue weighted by Gasteiger charge is -2.34. The van der Waals surface area contributed by atoms with Crippen molar-refractivity contribution in [2.24, 2.45) is 0 Å². The summed E-state index contributed by atoms with van der Waals surface area (Å²) in [6.07, 6.45) is 2.70. The van der Waals surface area contributed by atoms with E-state index in [0.29, 0.717) is 24.2 Å². The third kappa shape index (κ3) is 4.59. The second kappa shape index (κ2) is 8.56. The number of carbonyl (C=O) groups excluding carboxylic acids is 1. The lowest BCUT2D eigenvalue weighted by Crippen LogP contribution is -2.36. The van der Waals surface area contributed by atoms with E-state index in [1.165, 1.54) is 17.2 Å². The molecule has 2 heterocycles. The molecular weight excluding hydrogens is 359 g/mol. The van der Waals surface area contributed by atoms with Crippen LogP contribution in [0.15, 0.2) is 36.5 Å². The van der Waals surface area contributed by atoms with Crippen molar-refractivity contribution in [1.82, 2.24) is 9.88 Å². The van der Waals surface area contributed by atoms with Gasteiger partial charge < -0.3 is 20.2 Å². The number of aliphatic hydroxyl groups is 1. The van der Waals surface area contributed by atoms with Gasteiger partial charge in [-0.2, -0.15) is 0 Å². The van der Waals surface area contributed by atoms with Gasteiger partial charge in [-0.15, -0.1) is 0 Å². The highest BCUT2D eigenvalue weighted by Gasteiger charge is 2.22. The van der Waals surface area contributed by atoms with Crippen molar-refractivity contribution in [2.45, 2.75) is 31.9 Å². The predicted molar refractivity (Wildman–Crippen MR) is 108 cm³/mol. The number of nitrogens with one attached hydrogen (secondary N) is 1. The van der Waals surface area contributed by atoms with Gasteiger partial charge in [0.05, 0.1) is 17.7 Å². The molecule has 0 radical (unpaired) electrons. The van der Waals surface area contributed by atoms with Crippen LogP contribution in [-0.2, 0) is 0 Å². The number of carbonyl (C=O) groups is 1. The monoisotopic (exact) mass is 386 g/mol. The summed E-state index contributed by atoms with van der Waals surface area (Å²) in [5.41, 5.74) is 2.32. The molecule has 1 aliphatic rings. The Labute approximate surface area is 165 Å². The van der Waals surface area contributed by atoms with Crippen molar-refractivity contribution < 1.29 is 14.3 Å². The van der Waals surface area contributed by atoms with E-state index in [-0.39, 0.29) is 23.9 Å². The highest BCUT2D eigenvalue weighted by molar-refractivity contribution is 5.93. The molecule has 1 atom stereocenters. The summed E-state index contributed by atoms with van der Waals surface area (Å²) in [5.74, 6) is 0.225. The Hall–Kier alpha value is -2.67. The summed E-state index contributed by atoms with van der Waals surface area (Å²) in [6.45, 7) is 3.44. The van der Waals surface area contributed by atoms with Crippen LogP contribution in [0.3, 0.4) is 0 Å². The van der Waals surface area contributed by atoms with Crippen LogP contribution < -0.4 is 10.2 Å². The van der Waals surface area contributed by atoms with Crippen LogP contribution >= 0.6 is 0 Å². The van der Waals surface area contributed by atoms with E-state index in [9.17, 15) is 14.3 Å². The number of halogens is 1. The number of anilines is 2. The Morgan fingerprint density at radius 2 is 2.00 bits per heavy atom. The SMILES string of the molecule is CC(Nc1ccc(C(=O)N(C)C)cn1)c1cc(F)ccc1N1CCC(O)CC1. The predicted octanol–water partition coefficient (Wildman–Crippen LogP) is 3.06. The minimum atomic E-state index is -0.288. The lowest BCUT2D eigenvalue weighted by atomic mass is 10.0. The Balaban J connectivity index is 1.77. The number of aliphatic hydroxyl groups excluding tert-OH is 1. The molecule has 1 saturated heterocycles. The second-order valence-corrected chi connectivity index (χ2v) is 7.42. The van der Waals surface area contributed by atoms with Crippen molar-refractivity contribution in [3.05, 3.63) is 53.5 Å². The number of aromatic nitrogens is 1. The molecule has 1 aromatic carbocycles. The summed E-state index contributed by atoms with van der Waals surface area (Å²) >= 11 is 0. The summed E-state index contributed by atoms with van der Waals surface area (Å²) in [5, 5.41) is 13.0. The summed E-state index contributed by atoms with van der Waals surface area (Å²) in [7, 11) is 3.39. The fourth-order valence-electron chi connectivity index (χ4n) is 3.43. The van der Waals surface area contributed by atoms with Crippen molar-refractivity contribution >= 4 is 17.4 Å². The zero-order valence-corrected chi connectivity index (χ0v) is 16.5. The molecular formula is C21H27FN4O2. The molecule has 0 aliphatic carbocycles. The molecule has 150 valence electrons. The van der Waals surface area contributed by atoms with Crippen LogP contribution in [0.2, 0.25) is 0 Å². The smallest absolute Gasteiger partial charge is 0.254 e. The van der Waals surface area contributed by atoms with Gasteiger partial charge in [-0.25, -0.2) is 9.37 Å². The van der Waals surface area contributed by atoms with Gasteiger partial charge in [0.25, 0.3) is 5.91 Å². The number of amides is 1. The number of hydrogen-bond acceptors (Lipinski definition) is 5. The number of pyridine rings is 1. The maximum absolute atomic E-state index is 13.9. The van der Waals surface area contributed by atoms with Gasteiger partial charge in [0.1, 0.15) is 11.6 Å². The Bertz CT molecular complexity index is 818. The Kier molecular flexibility index (Phi) is 6.14. The van der Waals surface area contributed by atoms with Gasteiger partial charge in [0.15, 0.2) is 0 Å². The highest BCUT2D eigenvalue weighted by atomic mass is 19.1. The van der Waals surface area contributed by atoms with Crippen molar-refractivity contribution in [1.29, 1.82) is 0 Å². The van der Waals surface area contributed by atoms with E-state index in [2.05, 4.69) is 15.2 Å². The quantitative estimate of drug-likeness (QED) is 0.827. The third-order valence-corrected chi connectivity index (χ3v) is 5.04. The van der Waals surface area contributed by atoms with E-state index >= 15 is 0 Å². The summed E-state index contributed by atoms with van der Waals surface area (Å²) in [6, 6.07) is 8.11. The standard InChI is InChI=1S/C21H27FN4O2/c1-14(24-20-7-4-15(13-23-20)21(28)25(2)3)18-12-16(22)5-6-19(18)26-10-8-17(27)9-11-26/h4-7,12-14,17,27H,8-11H2,1-3H3,(H,23,24). The van der Waals surface area contributed by atoms with Crippen LogP contribution in [0, 0.1) is 5.82 Å². The third-order valence-electron chi connectivity index (χ3n) is 5.04.